The summed E-state index contributed by atoms with van der Waals surface area (Å²) in [6.45, 7) is 0. The van der Waals surface area contributed by atoms with Crippen molar-refractivity contribution in [2.75, 3.05) is 0 Å². The van der Waals surface area contributed by atoms with Gasteiger partial charge in [-0.3, -0.25) is 4.79 Å². The van der Waals surface area contributed by atoms with E-state index >= 15 is 0 Å². The lowest BCUT2D eigenvalue weighted by atomic mass is 9.55. The lowest BCUT2D eigenvalue weighted by Crippen LogP contribution is -2.51. The zero-order chi connectivity index (χ0) is 8.29. The molecule has 0 aliphatic heterocycles. The minimum Gasteiger partial charge on any atom is -0.299 e. The highest BCUT2D eigenvalue weighted by Crippen LogP contribution is 2.53. The number of ketones is 1. The van der Waals surface area contributed by atoms with Gasteiger partial charge in [-0.15, -0.1) is 11.6 Å². The second-order valence-electron chi connectivity index (χ2n) is 4.72. The van der Waals surface area contributed by atoms with Crippen LogP contribution in [0.4, 0.5) is 0 Å². The first-order valence-corrected chi connectivity index (χ1v) is 5.37. The van der Waals surface area contributed by atoms with Crippen LogP contribution in [-0.2, 0) is 4.79 Å². The number of carbonyl (C=O) groups is 1. The minimum absolute atomic E-state index is 0.185. The second kappa shape index (κ2) is 2.25. The van der Waals surface area contributed by atoms with Crippen molar-refractivity contribution in [2.45, 2.75) is 31.1 Å². The summed E-state index contributed by atoms with van der Waals surface area (Å²) in [7, 11) is 0. The fourth-order valence-corrected chi connectivity index (χ4v) is 4.00. The number of hydrogen-bond acceptors (Lipinski definition) is 1. The van der Waals surface area contributed by atoms with Crippen LogP contribution in [0.3, 0.4) is 0 Å². The van der Waals surface area contributed by atoms with Gasteiger partial charge in [-0.1, -0.05) is 0 Å². The first kappa shape index (κ1) is 7.37. The molecule has 0 radical (unpaired) electrons. The number of alkyl halides is 1. The van der Waals surface area contributed by atoms with Gasteiger partial charge in [-0.25, -0.2) is 0 Å². The summed E-state index contributed by atoms with van der Waals surface area (Å²) in [6, 6.07) is 0. The van der Waals surface area contributed by atoms with Gasteiger partial charge in [-0.2, -0.15) is 0 Å². The van der Waals surface area contributed by atoms with E-state index in [1.807, 2.05) is 0 Å². The summed E-state index contributed by atoms with van der Waals surface area (Å²) >= 11 is 6.24. The molecule has 2 heteroatoms. The smallest absolute Gasteiger partial charge is 0.140 e. The molecule has 0 saturated heterocycles. The Morgan fingerprint density at radius 1 is 1.17 bits per heavy atom. The maximum absolute atomic E-state index is 11.7. The van der Waals surface area contributed by atoms with Gasteiger partial charge in [0.15, 0.2) is 0 Å². The van der Waals surface area contributed by atoms with Gasteiger partial charge < -0.3 is 0 Å². The van der Waals surface area contributed by atoms with E-state index in [2.05, 4.69) is 0 Å². The maximum atomic E-state index is 11.7. The van der Waals surface area contributed by atoms with Gasteiger partial charge in [0.25, 0.3) is 0 Å². The summed E-state index contributed by atoms with van der Waals surface area (Å²) in [5.41, 5.74) is 0. The van der Waals surface area contributed by atoms with Crippen molar-refractivity contribution in [3.05, 3.63) is 0 Å². The number of rotatable bonds is 0. The third kappa shape index (κ3) is 0.783. The van der Waals surface area contributed by atoms with E-state index in [1.165, 1.54) is 12.8 Å². The predicted molar refractivity (Wildman–Crippen MR) is 47.1 cm³/mol. The molecule has 0 aromatic heterocycles. The zero-order valence-corrected chi connectivity index (χ0v) is 7.76. The summed E-state index contributed by atoms with van der Waals surface area (Å²) in [6.07, 6.45) is 4.67. The van der Waals surface area contributed by atoms with Crippen LogP contribution in [0, 0.1) is 23.7 Å². The molecule has 4 fully saturated rings. The highest BCUT2D eigenvalue weighted by Gasteiger charge is 2.52. The van der Waals surface area contributed by atoms with Crippen LogP contribution in [0.15, 0.2) is 0 Å². The average Bonchev–Trinajstić information content (AvgIpc) is 2.07. The van der Waals surface area contributed by atoms with Gasteiger partial charge in [0, 0.05) is 17.2 Å². The van der Waals surface area contributed by atoms with Crippen molar-refractivity contribution in [1.82, 2.24) is 0 Å². The Morgan fingerprint density at radius 2 is 2.00 bits per heavy atom. The maximum Gasteiger partial charge on any atom is 0.140 e. The quantitative estimate of drug-likeness (QED) is 0.528. The molecule has 0 aromatic rings. The summed E-state index contributed by atoms with van der Waals surface area (Å²) in [5.74, 6) is 2.64. The fraction of sp³-hybridized carbons (Fsp3) is 0.900. The molecule has 1 nitrogen and oxygen atoms in total. The Morgan fingerprint density at radius 3 is 2.83 bits per heavy atom. The monoisotopic (exact) mass is 184 g/mol. The number of Topliss-reactive ketones (excluding diaryl/α,β-unsaturated/α-hetero) is 1. The third-order valence-corrected chi connectivity index (χ3v) is 4.69. The van der Waals surface area contributed by atoms with E-state index in [9.17, 15) is 4.79 Å². The second-order valence-corrected chi connectivity index (χ2v) is 5.22. The predicted octanol–water partition coefficient (Wildman–Crippen LogP) is 2.23. The van der Waals surface area contributed by atoms with Crippen molar-refractivity contribution < 1.29 is 4.79 Å². The van der Waals surface area contributed by atoms with Gasteiger partial charge in [0.1, 0.15) is 5.78 Å². The fourth-order valence-electron chi connectivity index (χ4n) is 3.56. The summed E-state index contributed by atoms with van der Waals surface area (Å²) < 4.78 is 0. The molecule has 4 rings (SSSR count). The first-order chi connectivity index (χ1) is 5.75. The largest absolute Gasteiger partial charge is 0.299 e. The van der Waals surface area contributed by atoms with Crippen LogP contribution in [0.5, 0.6) is 0 Å². The van der Waals surface area contributed by atoms with Crippen LogP contribution in [0.25, 0.3) is 0 Å². The van der Waals surface area contributed by atoms with Crippen molar-refractivity contribution in [1.29, 1.82) is 0 Å². The molecule has 4 aliphatic carbocycles. The Hall–Kier alpha value is -0.0400. The molecule has 0 amide bonds. The van der Waals surface area contributed by atoms with Crippen molar-refractivity contribution in [3.63, 3.8) is 0 Å². The Kier molecular flexibility index (Phi) is 1.39. The first-order valence-electron chi connectivity index (χ1n) is 4.93. The Bertz CT molecular complexity index is 238. The molecule has 4 bridgehead atoms. The molecule has 1 unspecified atom stereocenters. The minimum atomic E-state index is 0.185. The number of halogens is 1. The van der Waals surface area contributed by atoms with Crippen LogP contribution in [-0.4, -0.2) is 11.2 Å². The molecule has 0 heterocycles. The van der Waals surface area contributed by atoms with Crippen LogP contribution >= 0.6 is 11.6 Å². The molecule has 0 spiro atoms. The van der Waals surface area contributed by atoms with E-state index in [4.69, 9.17) is 11.6 Å². The van der Waals surface area contributed by atoms with Crippen LogP contribution in [0.2, 0.25) is 0 Å². The van der Waals surface area contributed by atoms with Crippen molar-refractivity contribution >= 4 is 17.4 Å². The third-order valence-electron chi connectivity index (χ3n) is 4.03. The van der Waals surface area contributed by atoms with Crippen molar-refractivity contribution in [3.8, 4) is 0 Å². The number of hydrogen-bond donors (Lipinski definition) is 0. The highest BCUT2D eigenvalue weighted by atomic mass is 35.5. The molecule has 12 heavy (non-hydrogen) atoms. The molecule has 0 N–H and O–H groups in total. The molecule has 66 valence electrons. The Labute approximate surface area is 77.5 Å². The average molecular weight is 185 g/mol. The molecule has 5 atom stereocenters. The van der Waals surface area contributed by atoms with E-state index in [-0.39, 0.29) is 11.3 Å². The zero-order valence-electron chi connectivity index (χ0n) is 7.00. The van der Waals surface area contributed by atoms with Crippen LogP contribution < -0.4 is 0 Å². The van der Waals surface area contributed by atoms with Gasteiger partial charge in [0.05, 0.1) is 0 Å². The normalized spacial score (nSPS) is 56.4. The van der Waals surface area contributed by atoms with E-state index < -0.39 is 0 Å². The molecular formula is C10H13ClO. The SMILES string of the molecule is O=C1C2C[C@H]3C[C@@H](C2)[C@@H](Cl)[C@@H]1C3. The highest BCUT2D eigenvalue weighted by molar-refractivity contribution is 6.23. The molecule has 0 aromatic carbocycles. The van der Waals surface area contributed by atoms with E-state index in [0.29, 0.717) is 17.6 Å². The van der Waals surface area contributed by atoms with Gasteiger partial charge >= 0.3 is 0 Å². The summed E-state index contributed by atoms with van der Waals surface area (Å²) in [4.78, 5) is 11.7. The van der Waals surface area contributed by atoms with E-state index in [1.54, 1.807) is 0 Å². The lowest BCUT2D eigenvalue weighted by Gasteiger charge is -2.51. The molecule has 4 aliphatic rings. The standard InChI is InChI=1S/C10H13ClO/c11-9-6-1-5-2-7(4-6)10(12)8(9)3-5/h5-9H,1-4H2/t5-,6+,7?,8+,9-/m1/s1. The molecule has 4 saturated carbocycles. The number of carbonyl (C=O) groups excluding carboxylic acids is 1. The van der Waals surface area contributed by atoms with Gasteiger partial charge in [0.2, 0.25) is 0 Å². The summed E-state index contributed by atoms with van der Waals surface area (Å²) in [5, 5.41) is 0.185. The van der Waals surface area contributed by atoms with E-state index in [0.717, 1.165) is 18.8 Å². The van der Waals surface area contributed by atoms with Gasteiger partial charge in [-0.05, 0) is 37.5 Å². The Balaban J connectivity index is 1.98. The topological polar surface area (TPSA) is 17.1 Å². The van der Waals surface area contributed by atoms with Crippen LogP contribution in [0.1, 0.15) is 25.7 Å². The lowest BCUT2D eigenvalue weighted by molar-refractivity contribution is -0.139. The molecular weight excluding hydrogens is 172 g/mol. The van der Waals surface area contributed by atoms with Crippen molar-refractivity contribution in [2.24, 2.45) is 23.7 Å².